The summed E-state index contributed by atoms with van der Waals surface area (Å²) in [6.45, 7) is 0.333. The number of rotatable bonds is 8. The second-order valence-corrected chi connectivity index (χ2v) is 4.72. The molecule has 1 aromatic heterocycles. The third kappa shape index (κ3) is 4.64. The van der Waals surface area contributed by atoms with Gasteiger partial charge >= 0.3 is 5.97 Å². The number of ether oxygens (including phenoxy) is 1. The number of carboxylic acid groups (broad SMARTS) is 1. The largest absolute Gasteiger partial charge is 0.481 e. The number of aliphatic carboxylic acids is 1. The number of aryl methyl sites for hydroxylation is 2. The van der Waals surface area contributed by atoms with Crippen LogP contribution in [0.25, 0.3) is 0 Å². The van der Waals surface area contributed by atoms with Crippen LogP contribution >= 0.6 is 0 Å². The van der Waals surface area contributed by atoms with Crippen molar-refractivity contribution in [2.24, 2.45) is 0 Å². The molecule has 0 aliphatic heterocycles. The van der Waals surface area contributed by atoms with E-state index in [0.29, 0.717) is 13.0 Å². The molecule has 0 aliphatic rings. The minimum Gasteiger partial charge on any atom is -0.481 e. The van der Waals surface area contributed by atoms with Gasteiger partial charge in [0, 0.05) is 13.5 Å². The van der Waals surface area contributed by atoms with E-state index in [1.165, 1.54) is 12.7 Å². The summed E-state index contributed by atoms with van der Waals surface area (Å²) in [4.78, 5) is 10.8. The standard InChI is InChI=1S/C14H18N4O3/c1-21-12(9-14(19)20)10-18-13(15-16-17-18)8-7-11-5-3-2-4-6-11/h2-6,12H,7-10H2,1H3,(H,19,20). The Morgan fingerprint density at radius 3 is 2.76 bits per heavy atom. The molecule has 7 heteroatoms. The lowest BCUT2D eigenvalue weighted by molar-refractivity contribution is -0.140. The summed E-state index contributed by atoms with van der Waals surface area (Å²) in [5, 5.41) is 20.4. The van der Waals surface area contributed by atoms with Crippen LogP contribution in [0.3, 0.4) is 0 Å². The number of carbonyl (C=O) groups is 1. The van der Waals surface area contributed by atoms with Crippen LogP contribution < -0.4 is 0 Å². The van der Waals surface area contributed by atoms with Gasteiger partial charge in [0.05, 0.1) is 19.1 Å². The normalized spacial score (nSPS) is 12.2. The smallest absolute Gasteiger partial charge is 0.306 e. The summed E-state index contributed by atoms with van der Waals surface area (Å²) in [6.07, 6.45) is 1.01. The minimum atomic E-state index is -0.902. The number of tetrazole rings is 1. The van der Waals surface area contributed by atoms with E-state index in [1.54, 1.807) is 4.68 Å². The van der Waals surface area contributed by atoms with E-state index in [1.807, 2.05) is 18.2 Å². The average molecular weight is 290 g/mol. The van der Waals surface area contributed by atoms with Gasteiger partial charge < -0.3 is 9.84 Å². The summed E-state index contributed by atoms with van der Waals surface area (Å²) >= 11 is 0. The molecule has 1 aromatic carbocycles. The number of carboxylic acids is 1. The Kier molecular flexibility index (Phi) is 5.39. The third-order valence-electron chi connectivity index (χ3n) is 3.20. The molecule has 0 saturated carbocycles. The highest BCUT2D eigenvalue weighted by Gasteiger charge is 2.16. The summed E-state index contributed by atoms with van der Waals surface area (Å²) in [7, 11) is 1.49. The van der Waals surface area contributed by atoms with Crippen molar-refractivity contribution in [1.82, 2.24) is 20.2 Å². The van der Waals surface area contributed by atoms with Gasteiger partial charge in [0.15, 0.2) is 5.82 Å². The van der Waals surface area contributed by atoms with Gasteiger partial charge in [-0.2, -0.15) is 0 Å². The number of nitrogens with zero attached hydrogens (tertiary/aromatic N) is 4. The van der Waals surface area contributed by atoms with Crippen molar-refractivity contribution in [3.05, 3.63) is 41.7 Å². The molecule has 1 N–H and O–H groups in total. The van der Waals surface area contributed by atoms with Crippen LogP contribution in [0.15, 0.2) is 30.3 Å². The van der Waals surface area contributed by atoms with Crippen molar-refractivity contribution in [3.63, 3.8) is 0 Å². The monoisotopic (exact) mass is 290 g/mol. The summed E-state index contributed by atoms with van der Waals surface area (Å²) < 4.78 is 6.77. The predicted octanol–water partition coefficient (Wildman–Crippen LogP) is 0.948. The predicted molar refractivity (Wildman–Crippen MR) is 74.7 cm³/mol. The maximum Gasteiger partial charge on any atom is 0.306 e. The Morgan fingerprint density at radius 1 is 1.33 bits per heavy atom. The number of hydrogen-bond acceptors (Lipinski definition) is 5. The van der Waals surface area contributed by atoms with Crippen molar-refractivity contribution in [2.45, 2.75) is 31.9 Å². The quantitative estimate of drug-likeness (QED) is 0.778. The van der Waals surface area contributed by atoms with Crippen LogP contribution in [0.4, 0.5) is 0 Å². The second kappa shape index (κ2) is 7.49. The fourth-order valence-electron chi connectivity index (χ4n) is 2.05. The Bertz CT molecular complexity index is 571. The van der Waals surface area contributed by atoms with Gasteiger partial charge in [-0.25, -0.2) is 4.68 Å². The molecule has 7 nitrogen and oxygen atoms in total. The van der Waals surface area contributed by atoms with Crippen LogP contribution in [0, 0.1) is 0 Å². The van der Waals surface area contributed by atoms with Crippen LogP contribution in [0.2, 0.25) is 0 Å². The molecule has 2 rings (SSSR count). The molecular weight excluding hydrogens is 272 g/mol. The third-order valence-corrected chi connectivity index (χ3v) is 3.20. The highest BCUT2D eigenvalue weighted by Crippen LogP contribution is 2.07. The van der Waals surface area contributed by atoms with Gasteiger partial charge in [0.25, 0.3) is 0 Å². The van der Waals surface area contributed by atoms with Gasteiger partial charge in [-0.3, -0.25) is 4.79 Å². The fraction of sp³-hybridized carbons (Fsp3) is 0.429. The van der Waals surface area contributed by atoms with Crippen LogP contribution in [0.1, 0.15) is 17.8 Å². The number of aromatic nitrogens is 4. The van der Waals surface area contributed by atoms with E-state index in [4.69, 9.17) is 9.84 Å². The minimum absolute atomic E-state index is 0.0749. The van der Waals surface area contributed by atoms with E-state index in [2.05, 4.69) is 27.7 Å². The van der Waals surface area contributed by atoms with Gasteiger partial charge in [-0.05, 0) is 22.4 Å². The molecule has 0 saturated heterocycles. The molecule has 0 bridgehead atoms. The molecule has 21 heavy (non-hydrogen) atoms. The molecule has 0 spiro atoms. The maximum atomic E-state index is 10.8. The lowest BCUT2D eigenvalue weighted by Gasteiger charge is -2.13. The average Bonchev–Trinajstić information content (AvgIpc) is 2.92. The zero-order valence-electron chi connectivity index (χ0n) is 11.8. The molecule has 1 atom stereocenters. The van der Waals surface area contributed by atoms with Crippen molar-refractivity contribution in [1.29, 1.82) is 0 Å². The van der Waals surface area contributed by atoms with Gasteiger partial charge in [0.1, 0.15) is 0 Å². The molecule has 0 aliphatic carbocycles. The van der Waals surface area contributed by atoms with Gasteiger partial charge in [-0.1, -0.05) is 30.3 Å². The molecule has 1 heterocycles. The van der Waals surface area contributed by atoms with E-state index in [0.717, 1.165) is 12.2 Å². The molecule has 112 valence electrons. The van der Waals surface area contributed by atoms with Crippen LogP contribution in [0.5, 0.6) is 0 Å². The Morgan fingerprint density at radius 2 is 2.10 bits per heavy atom. The molecule has 2 aromatic rings. The molecule has 1 unspecified atom stereocenters. The van der Waals surface area contributed by atoms with Crippen LogP contribution in [-0.2, 0) is 28.9 Å². The van der Waals surface area contributed by atoms with Crippen molar-refractivity contribution < 1.29 is 14.6 Å². The topological polar surface area (TPSA) is 90.1 Å². The first-order chi connectivity index (χ1) is 10.2. The van der Waals surface area contributed by atoms with E-state index < -0.39 is 12.1 Å². The van der Waals surface area contributed by atoms with Crippen molar-refractivity contribution in [2.75, 3.05) is 7.11 Å². The highest BCUT2D eigenvalue weighted by atomic mass is 16.5. The zero-order valence-corrected chi connectivity index (χ0v) is 11.8. The lowest BCUT2D eigenvalue weighted by atomic mass is 10.1. The Labute approximate surface area is 122 Å². The SMILES string of the molecule is COC(CC(=O)O)Cn1nnnc1CCc1ccccc1. The number of benzene rings is 1. The number of hydrogen-bond donors (Lipinski definition) is 1. The molecular formula is C14H18N4O3. The first kappa shape index (κ1) is 15.1. The highest BCUT2D eigenvalue weighted by molar-refractivity contribution is 5.67. The summed E-state index contributed by atoms with van der Waals surface area (Å²) in [5.41, 5.74) is 1.21. The van der Waals surface area contributed by atoms with Gasteiger partial charge in [0.2, 0.25) is 0 Å². The Hall–Kier alpha value is -2.28. The van der Waals surface area contributed by atoms with E-state index in [9.17, 15) is 4.79 Å². The molecule has 0 radical (unpaired) electrons. The zero-order chi connectivity index (χ0) is 15.1. The first-order valence-electron chi connectivity index (χ1n) is 6.72. The van der Waals surface area contributed by atoms with Crippen molar-refractivity contribution >= 4 is 5.97 Å². The van der Waals surface area contributed by atoms with Crippen molar-refractivity contribution in [3.8, 4) is 0 Å². The maximum absolute atomic E-state index is 10.8. The molecule has 0 amide bonds. The molecule has 0 fully saturated rings. The summed E-state index contributed by atoms with van der Waals surface area (Å²) in [6, 6.07) is 10.1. The van der Waals surface area contributed by atoms with E-state index >= 15 is 0 Å². The Balaban J connectivity index is 1.96. The second-order valence-electron chi connectivity index (χ2n) is 4.72. The van der Waals surface area contributed by atoms with Gasteiger partial charge in [-0.15, -0.1) is 5.10 Å². The van der Waals surface area contributed by atoms with E-state index in [-0.39, 0.29) is 6.42 Å². The van der Waals surface area contributed by atoms with Crippen LogP contribution in [-0.4, -0.2) is 44.5 Å². The fourth-order valence-corrected chi connectivity index (χ4v) is 2.05. The lowest BCUT2D eigenvalue weighted by Crippen LogP contribution is -2.24. The number of methoxy groups -OCH3 is 1. The summed E-state index contributed by atoms with van der Waals surface area (Å²) in [5.74, 6) is -0.174. The first-order valence-corrected chi connectivity index (χ1v) is 6.72.